The van der Waals surface area contributed by atoms with Crippen molar-refractivity contribution in [2.45, 2.75) is 37.6 Å². The second-order valence-corrected chi connectivity index (χ2v) is 7.13. The fraction of sp³-hybridized carbons (Fsp3) is 0.263. The Bertz CT molecular complexity index is 819. The van der Waals surface area contributed by atoms with E-state index in [1.165, 1.54) is 11.8 Å². The number of rotatable bonds is 5. The third-order valence-corrected chi connectivity index (χ3v) is 5.02. The van der Waals surface area contributed by atoms with Crippen molar-refractivity contribution in [2.75, 3.05) is 5.32 Å². The molecule has 0 saturated heterocycles. The van der Waals surface area contributed by atoms with Gasteiger partial charge in [-0.1, -0.05) is 36.9 Å². The molecule has 2 N–H and O–H groups in total. The minimum atomic E-state index is -0.189. The first-order valence-electron chi connectivity index (χ1n) is 8.05. The van der Waals surface area contributed by atoms with Gasteiger partial charge in [-0.3, -0.25) is 4.79 Å². The van der Waals surface area contributed by atoms with E-state index in [9.17, 15) is 4.79 Å². The number of nitrogens with one attached hydrogen (secondary N) is 2. The summed E-state index contributed by atoms with van der Waals surface area (Å²) in [6.07, 6.45) is 0.734. The first kappa shape index (κ1) is 16.6. The molecule has 3 aromatic rings. The Kier molecular flexibility index (Phi) is 4.90. The zero-order valence-electron chi connectivity index (χ0n) is 14.1. The summed E-state index contributed by atoms with van der Waals surface area (Å²) in [5.74, 6) is 0.00737. The molecule has 3 rings (SSSR count). The Morgan fingerprint density at radius 3 is 2.58 bits per heavy atom. The number of imidazole rings is 1. The molecule has 0 aliphatic heterocycles. The lowest BCUT2D eigenvalue weighted by atomic mass is 10.1. The average Bonchev–Trinajstić information content (AvgIpc) is 2.93. The number of aromatic amines is 1. The minimum absolute atomic E-state index is 0.00737. The van der Waals surface area contributed by atoms with Gasteiger partial charge in [-0.05, 0) is 55.7 Å². The van der Waals surface area contributed by atoms with Crippen molar-refractivity contribution in [3.63, 3.8) is 0 Å². The molecule has 0 spiro atoms. The summed E-state index contributed by atoms with van der Waals surface area (Å²) < 4.78 is 0. The molecule has 1 amide bonds. The molecule has 0 radical (unpaired) electrons. The van der Waals surface area contributed by atoms with Gasteiger partial charge in [0.2, 0.25) is 5.91 Å². The van der Waals surface area contributed by atoms with Gasteiger partial charge in [0.05, 0.1) is 16.3 Å². The van der Waals surface area contributed by atoms with Gasteiger partial charge in [0.15, 0.2) is 5.16 Å². The van der Waals surface area contributed by atoms with E-state index in [-0.39, 0.29) is 11.2 Å². The van der Waals surface area contributed by atoms with Gasteiger partial charge in [-0.2, -0.15) is 0 Å². The molecule has 2 aromatic carbocycles. The number of aryl methyl sites for hydroxylation is 2. The van der Waals surface area contributed by atoms with E-state index in [0.717, 1.165) is 39.4 Å². The molecule has 124 valence electrons. The summed E-state index contributed by atoms with van der Waals surface area (Å²) in [6.45, 7) is 6.08. The molecule has 1 atom stereocenters. The van der Waals surface area contributed by atoms with E-state index >= 15 is 0 Å². The van der Waals surface area contributed by atoms with Crippen molar-refractivity contribution in [3.8, 4) is 0 Å². The van der Waals surface area contributed by atoms with Crippen LogP contribution in [0.4, 0.5) is 5.69 Å². The lowest BCUT2D eigenvalue weighted by molar-refractivity contribution is -0.115. The maximum absolute atomic E-state index is 12.6. The zero-order valence-corrected chi connectivity index (χ0v) is 14.9. The Labute approximate surface area is 146 Å². The fourth-order valence-electron chi connectivity index (χ4n) is 2.71. The smallest absolute Gasteiger partial charge is 0.237 e. The van der Waals surface area contributed by atoms with Crippen LogP contribution in [0.15, 0.2) is 47.6 Å². The van der Waals surface area contributed by atoms with Crippen LogP contribution in [0, 0.1) is 13.8 Å². The monoisotopic (exact) mass is 339 g/mol. The lowest BCUT2D eigenvalue weighted by Gasteiger charge is -2.14. The lowest BCUT2D eigenvalue weighted by Crippen LogP contribution is -2.24. The van der Waals surface area contributed by atoms with Crippen LogP contribution < -0.4 is 5.32 Å². The van der Waals surface area contributed by atoms with E-state index in [4.69, 9.17) is 0 Å². The molecular formula is C19H21N3OS. The van der Waals surface area contributed by atoms with Gasteiger partial charge >= 0.3 is 0 Å². The normalized spacial score (nSPS) is 12.3. The molecular weight excluding hydrogens is 318 g/mol. The van der Waals surface area contributed by atoms with Crippen LogP contribution in [0.1, 0.15) is 24.5 Å². The van der Waals surface area contributed by atoms with Crippen LogP contribution in [0.3, 0.4) is 0 Å². The van der Waals surface area contributed by atoms with E-state index in [1.54, 1.807) is 0 Å². The van der Waals surface area contributed by atoms with E-state index in [0.29, 0.717) is 0 Å². The summed E-state index contributed by atoms with van der Waals surface area (Å²) in [5, 5.41) is 3.62. The molecule has 4 nitrogen and oxygen atoms in total. The van der Waals surface area contributed by atoms with E-state index < -0.39 is 0 Å². The highest BCUT2D eigenvalue weighted by Gasteiger charge is 2.20. The second-order valence-electron chi connectivity index (χ2n) is 5.94. The molecule has 0 fully saturated rings. The molecule has 0 aliphatic carbocycles. The van der Waals surface area contributed by atoms with Gasteiger partial charge in [-0.15, -0.1) is 0 Å². The summed E-state index contributed by atoms with van der Waals surface area (Å²) in [4.78, 5) is 20.4. The van der Waals surface area contributed by atoms with E-state index in [1.807, 2.05) is 57.2 Å². The van der Waals surface area contributed by atoms with Crippen LogP contribution in [0.25, 0.3) is 11.0 Å². The number of anilines is 1. The largest absolute Gasteiger partial charge is 0.333 e. The Morgan fingerprint density at radius 1 is 1.21 bits per heavy atom. The highest BCUT2D eigenvalue weighted by Crippen LogP contribution is 2.26. The number of hydrogen-bond donors (Lipinski definition) is 2. The molecule has 0 bridgehead atoms. The summed E-state index contributed by atoms with van der Waals surface area (Å²) in [5.41, 5.74) is 5.04. The highest BCUT2D eigenvalue weighted by molar-refractivity contribution is 8.00. The number of aromatic nitrogens is 2. The third kappa shape index (κ3) is 3.79. The van der Waals surface area contributed by atoms with Crippen molar-refractivity contribution < 1.29 is 4.79 Å². The maximum atomic E-state index is 12.6. The van der Waals surface area contributed by atoms with Crippen LogP contribution in [-0.4, -0.2) is 21.1 Å². The van der Waals surface area contributed by atoms with Crippen molar-refractivity contribution >= 4 is 34.4 Å². The van der Waals surface area contributed by atoms with Gasteiger partial charge in [-0.25, -0.2) is 4.98 Å². The molecule has 24 heavy (non-hydrogen) atoms. The minimum Gasteiger partial charge on any atom is -0.333 e. The van der Waals surface area contributed by atoms with Crippen molar-refractivity contribution in [1.82, 2.24) is 9.97 Å². The fourth-order valence-corrected chi connectivity index (χ4v) is 3.63. The highest BCUT2D eigenvalue weighted by atomic mass is 32.2. The van der Waals surface area contributed by atoms with Gasteiger partial charge in [0.1, 0.15) is 0 Å². The SMILES string of the molecule is CCC(Sc1nc2ccccc2[nH]1)C(=O)Nc1cc(C)cc(C)c1. The van der Waals surface area contributed by atoms with Crippen molar-refractivity contribution in [2.24, 2.45) is 0 Å². The van der Waals surface area contributed by atoms with Crippen molar-refractivity contribution in [3.05, 3.63) is 53.6 Å². The van der Waals surface area contributed by atoms with Gasteiger partial charge in [0.25, 0.3) is 0 Å². The third-order valence-electron chi connectivity index (χ3n) is 3.77. The van der Waals surface area contributed by atoms with Crippen molar-refractivity contribution in [1.29, 1.82) is 0 Å². The Hall–Kier alpha value is -2.27. The first-order valence-corrected chi connectivity index (χ1v) is 8.93. The molecule has 1 aromatic heterocycles. The molecule has 0 saturated carbocycles. The predicted octanol–water partition coefficient (Wildman–Crippen LogP) is 4.69. The number of benzene rings is 2. The maximum Gasteiger partial charge on any atom is 0.237 e. The number of H-pyrrole nitrogens is 1. The molecule has 0 aliphatic rings. The second kappa shape index (κ2) is 7.09. The number of fused-ring (bicyclic) bond motifs is 1. The topological polar surface area (TPSA) is 57.8 Å². The van der Waals surface area contributed by atoms with Crippen LogP contribution in [-0.2, 0) is 4.79 Å². The number of hydrogen-bond acceptors (Lipinski definition) is 3. The number of carbonyl (C=O) groups excluding carboxylic acids is 1. The van der Waals surface area contributed by atoms with Crippen LogP contribution in [0.5, 0.6) is 0 Å². The standard InChI is InChI=1S/C19H21N3OS/c1-4-17(18(23)20-14-10-12(2)9-13(3)11-14)24-19-21-15-7-5-6-8-16(15)22-19/h5-11,17H,4H2,1-3H3,(H,20,23)(H,21,22). The number of thioether (sulfide) groups is 1. The number of carbonyl (C=O) groups is 1. The Morgan fingerprint density at radius 2 is 1.92 bits per heavy atom. The number of nitrogens with zero attached hydrogens (tertiary/aromatic N) is 1. The van der Waals surface area contributed by atoms with Gasteiger partial charge in [0, 0.05) is 5.69 Å². The summed E-state index contributed by atoms with van der Waals surface area (Å²) in [6, 6.07) is 14.0. The van der Waals surface area contributed by atoms with E-state index in [2.05, 4.69) is 21.4 Å². The Balaban J connectivity index is 1.74. The first-order chi connectivity index (χ1) is 11.5. The summed E-state index contributed by atoms with van der Waals surface area (Å²) in [7, 11) is 0. The average molecular weight is 339 g/mol. The number of amides is 1. The van der Waals surface area contributed by atoms with Gasteiger partial charge < -0.3 is 10.3 Å². The molecule has 1 heterocycles. The zero-order chi connectivity index (χ0) is 17.1. The molecule has 5 heteroatoms. The molecule has 1 unspecified atom stereocenters. The van der Waals surface area contributed by atoms with Crippen LogP contribution >= 0.6 is 11.8 Å². The van der Waals surface area contributed by atoms with Crippen LogP contribution in [0.2, 0.25) is 0 Å². The summed E-state index contributed by atoms with van der Waals surface area (Å²) >= 11 is 1.47. The predicted molar refractivity (Wildman–Crippen MR) is 101 cm³/mol. The quantitative estimate of drug-likeness (QED) is 0.663. The number of para-hydroxylation sites is 2.